The Labute approximate surface area is 121 Å². The molecule has 108 valence electrons. The molecule has 0 radical (unpaired) electrons. The quantitative estimate of drug-likeness (QED) is 0.731. The number of rotatable bonds is 3. The van der Waals surface area contributed by atoms with E-state index in [1.165, 1.54) is 12.2 Å². The van der Waals surface area contributed by atoms with E-state index in [-0.39, 0.29) is 11.8 Å². The Morgan fingerprint density at radius 1 is 1.35 bits per heavy atom. The second-order valence-electron chi connectivity index (χ2n) is 4.71. The number of hydrogen-bond donors (Lipinski definition) is 0. The summed E-state index contributed by atoms with van der Waals surface area (Å²) in [5.41, 5.74) is 0.494. The van der Waals surface area contributed by atoms with Gasteiger partial charge in [0.25, 0.3) is 0 Å². The normalized spacial score (nSPS) is 22.8. The molecule has 5 heteroatoms. The van der Waals surface area contributed by atoms with E-state index in [0.717, 1.165) is 16.2 Å². The van der Waals surface area contributed by atoms with Crippen LogP contribution >= 0.6 is 11.8 Å². The Hall–Kier alpha value is -1.23. The van der Waals surface area contributed by atoms with Crippen LogP contribution in [0.25, 0.3) is 0 Å². The van der Waals surface area contributed by atoms with Crippen molar-refractivity contribution >= 4 is 11.8 Å². The van der Waals surface area contributed by atoms with Gasteiger partial charge in [-0.25, -0.2) is 0 Å². The topological polar surface area (TPSA) is 12.9 Å². The molecule has 1 heterocycles. The fourth-order valence-electron chi connectivity index (χ4n) is 2.34. The van der Waals surface area contributed by atoms with Crippen molar-refractivity contribution < 1.29 is 13.2 Å². The molecule has 0 spiro atoms. The van der Waals surface area contributed by atoms with Crippen molar-refractivity contribution in [1.29, 1.82) is 0 Å². The molecule has 0 aromatic carbocycles. The molecule has 1 aromatic rings. The molecule has 2 unspecified atom stereocenters. The predicted octanol–water partition coefficient (Wildman–Crippen LogP) is 4.97. The number of pyridine rings is 1. The Bertz CT molecular complexity index is 534. The summed E-state index contributed by atoms with van der Waals surface area (Å²) >= 11 is 1.66. The Kier molecular flexibility index (Phi) is 4.58. The van der Waals surface area contributed by atoms with Crippen molar-refractivity contribution in [3.63, 3.8) is 0 Å². The molecule has 0 amide bonds. The molecule has 1 aromatic heterocycles. The van der Waals surface area contributed by atoms with Crippen LogP contribution in [0.1, 0.15) is 25.3 Å². The summed E-state index contributed by atoms with van der Waals surface area (Å²) in [5, 5.41) is 0. The predicted molar refractivity (Wildman–Crippen MR) is 75.8 cm³/mol. The van der Waals surface area contributed by atoms with Crippen LogP contribution in [-0.4, -0.2) is 16.9 Å². The highest BCUT2D eigenvalue weighted by Gasteiger charge is 2.35. The number of thioether (sulfide) groups is 1. The number of allylic oxidation sites excluding steroid dienone is 4. The van der Waals surface area contributed by atoms with Crippen LogP contribution in [0, 0.1) is 5.92 Å². The summed E-state index contributed by atoms with van der Waals surface area (Å²) in [6, 6.07) is 1.90. The number of hydrogen-bond acceptors (Lipinski definition) is 2. The lowest BCUT2D eigenvalue weighted by molar-refractivity contribution is -0.0889. The van der Waals surface area contributed by atoms with E-state index in [4.69, 9.17) is 0 Å². The Balaban J connectivity index is 2.29. The average molecular weight is 299 g/mol. The third kappa shape index (κ3) is 3.26. The van der Waals surface area contributed by atoms with Crippen LogP contribution in [0.3, 0.4) is 0 Å². The fraction of sp³-hybridized carbons (Fsp3) is 0.400. The van der Waals surface area contributed by atoms with Crippen LogP contribution in [-0.2, 0) is 0 Å². The van der Waals surface area contributed by atoms with Crippen LogP contribution in [0.15, 0.2) is 47.2 Å². The number of alkyl halides is 3. The molecule has 0 N–H and O–H groups in total. The minimum Gasteiger partial charge on any atom is -0.264 e. The van der Waals surface area contributed by atoms with Crippen molar-refractivity contribution in [1.82, 2.24) is 4.98 Å². The van der Waals surface area contributed by atoms with Crippen molar-refractivity contribution in [3.05, 3.63) is 47.8 Å². The zero-order valence-corrected chi connectivity index (χ0v) is 12.1. The zero-order valence-electron chi connectivity index (χ0n) is 11.3. The standard InChI is InChI=1S/C15H16F3NS/c1-3-20-14-9-19-7-6-13(14)12-5-4-11(8-10(12)2)15(16,17)18/h4-10,12H,3H2,1-2H3. The number of halogens is 3. The van der Waals surface area contributed by atoms with E-state index in [2.05, 4.69) is 4.98 Å². The molecule has 2 rings (SSSR count). The molecule has 20 heavy (non-hydrogen) atoms. The van der Waals surface area contributed by atoms with Gasteiger partial charge in [0.1, 0.15) is 0 Å². The van der Waals surface area contributed by atoms with E-state index in [0.29, 0.717) is 0 Å². The third-order valence-corrected chi connectivity index (χ3v) is 4.24. The molecular formula is C15H16F3NS. The van der Waals surface area contributed by atoms with Crippen LogP contribution < -0.4 is 0 Å². The number of aromatic nitrogens is 1. The van der Waals surface area contributed by atoms with Gasteiger partial charge in [-0.1, -0.05) is 32.1 Å². The summed E-state index contributed by atoms with van der Waals surface area (Å²) in [7, 11) is 0. The Morgan fingerprint density at radius 3 is 2.70 bits per heavy atom. The van der Waals surface area contributed by atoms with Gasteiger partial charge < -0.3 is 0 Å². The van der Waals surface area contributed by atoms with Gasteiger partial charge in [0.05, 0.1) is 5.57 Å². The maximum absolute atomic E-state index is 12.7. The number of nitrogens with zero attached hydrogens (tertiary/aromatic N) is 1. The molecule has 2 atom stereocenters. The fourth-order valence-corrected chi connectivity index (χ4v) is 3.16. The van der Waals surface area contributed by atoms with Gasteiger partial charge in [-0.15, -0.1) is 11.8 Å². The van der Waals surface area contributed by atoms with Crippen LogP contribution in [0.2, 0.25) is 0 Å². The highest BCUT2D eigenvalue weighted by Crippen LogP contribution is 2.40. The first-order chi connectivity index (χ1) is 9.43. The summed E-state index contributed by atoms with van der Waals surface area (Å²) in [5.74, 6) is 0.695. The van der Waals surface area contributed by atoms with Gasteiger partial charge in [-0.05, 0) is 23.3 Å². The smallest absolute Gasteiger partial charge is 0.264 e. The molecule has 0 aliphatic heterocycles. The monoisotopic (exact) mass is 299 g/mol. The van der Waals surface area contributed by atoms with E-state index in [9.17, 15) is 13.2 Å². The van der Waals surface area contributed by atoms with E-state index in [1.807, 2.05) is 19.9 Å². The first-order valence-corrected chi connectivity index (χ1v) is 7.46. The highest BCUT2D eigenvalue weighted by molar-refractivity contribution is 7.99. The van der Waals surface area contributed by atoms with Crippen molar-refractivity contribution in [2.24, 2.45) is 5.92 Å². The zero-order chi connectivity index (χ0) is 14.8. The first-order valence-electron chi connectivity index (χ1n) is 6.47. The SMILES string of the molecule is CCSc1cnccc1C1C=CC(C(F)(F)F)=CC1C. The van der Waals surface area contributed by atoms with Crippen molar-refractivity contribution in [2.45, 2.75) is 30.8 Å². The van der Waals surface area contributed by atoms with Gasteiger partial charge in [0.15, 0.2) is 0 Å². The molecule has 0 bridgehead atoms. The van der Waals surface area contributed by atoms with Crippen molar-refractivity contribution in [2.75, 3.05) is 5.75 Å². The molecular weight excluding hydrogens is 283 g/mol. The molecule has 1 aliphatic rings. The van der Waals surface area contributed by atoms with Gasteiger partial charge >= 0.3 is 6.18 Å². The minimum atomic E-state index is -4.27. The lowest BCUT2D eigenvalue weighted by Crippen LogP contribution is -2.17. The Morgan fingerprint density at radius 2 is 2.10 bits per heavy atom. The third-order valence-electron chi connectivity index (χ3n) is 3.29. The van der Waals surface area contributed by atoms with Crippen LogP contribution in [0.4, 0.5) is 13.2 Å². The largest absolute Gasteiger partial charge is 0.416 e. The summed E-state index contributed by atoms with van der Waals surface area (Å²) in [6.07, 6.45) is 3.36. The van der Waals surface area contributed by atoms with Crippen LogP contribution in [0.5, 0.6) is 0 Å². The van der Waals surface area contributed by atoms with Gasteiger partial charge in [-0.2, -0.15) is 13.2 Å². The van der Waals surface area contributed by atoms with E-state index in [1.54, 1.807) is 30.2 Å². The van der Waals surface area contributed by atoms with Gasteiger partial charge in [-0.3, -0.25) is 4.98 Å². The molecule has 0 saturated heterocycles. The lowest BCUT2D eigenvalue weighted by Gasteiger charge is -2.25. The average Bonchev–Trinajstić information content (AvgIpc) is 2.39. The van der Waals surface area contributed by atoms with Gasteiger partial charge in [0.2, 0.25) is 0 Å². The van der Waals surface area contributed by atoms with E-state index < -0.39 is 11.7 Å². The molecule has 1 aliphatic carbocycles. The maximum atomic E-state index is 12.7. The summed E-state index contributed by atoms with van der Waals surface area (Å²) in [4.78, 5) is 5.14. The summed E-state index contributed by atoms with van der Waals surface area (Å²) in [6.45, 7) is 3.87. The second-order valence-corrected chi connectivity index (χ2v) is 6.02. The maximum Gasteiger partial charge on any atom is 0.416 e. The lowest BCUT2D eigenvalue weighted by atomic mass is 9.82. The highest BCUT2D eigenvalue weighted by atomic mass is 32.2. The first kappa shape index (κ1) is 15.2. The van der Waals surface area contributed by atoms with Crippen molar-refractivity contribution in [3.8, 4) is 0 Å². The van der Waals surface area contributed by atoms with Gasteiger partial charge in [0, 0.05) is 23.2 Å². The molecule has 0 saturated carbocycles. The molecule has 0 fully saturated rings. The summed E-state index contributed by atoms with van der Waals surface area (Å²) < 4.78 is 38.1. The van der Waals surface area contributed by atoms with E-state index >= 15 is 0 Å². The minimum absolute atomic E-state index is 0.0295. The molecule has 1 nitrogen and oxygen atoms in total. The second kappa shape index (κ2) is 6.04.